The first-order valence-corrected chi connectivity index (χ1v) is 12.5. The molecule has 0 aliphatic heterocycles. The molecule has 0 aliphatic carbocycles. The smallest absolute Gasteiger partial charge is 0.241 e. The normalized spacial score (nSPS) is 11.2. The minimum Gasteiger partial charge on any atom is -0.493 e. The summed E-state index contributed by atoms with van der Waals surface area (Å²) in [7, 11) is -1.16. The Morgan fingerprint density at radius 2 is 1.53 bits per heavy atom. The summed E-state index contributed by atoms with van der Waals surface area (Å²) in [5.41, 5.74) is 1.88. The highest BCUT2D eigenvalue weighted by atomic mass is 35.5. The van der Waals surface area contributed by atoms with Gasteiger partial charge >= 0.3 is 0 Å². The van der Waals surface area contributed by atoms with Crippen molar-refractivity contribution in [1.29, 1.82) is 0 Å². The molecule has 0 aromatic heterocycles. The zero-order valence-electron chi connectivity index (χ0n) is 18.2. The highest BCUT2D eigenvalue weighted by Crippen LogP contribution is 2.32. The molecule has 1 amide bonds. The van der Waals surface area contributed by atoms with Gasteiger partial charge in [-0.1, -0.05) is 53.0 Å². The van der Waals surface area contributed by atoms with E-state index in [1.54, 1.807) is 12.1 Å². The van der Waals surface area contributed by atoms with Gasteiger partial charge in [0.05, 0.1) is 35.7 Å². The van der Waals surface area contributed by atoms with Gasteiger partial charge in [0.1, 0.15) is 0 Å². The molecule has 180 valence electrons. The standard InChI is InChI=1S/C23H21Cl3N2O5S/c1-32-21-8-7-16(11-22(21)33-2)34(30,31)27-13-23(29)28-20-12-19(26)18(25)10-15(20)9-14-5-3-4-6-17(14)24/h3-8,10-12,27H,9,13H2,1-2H3,(H,28,29). The van der Waals surface area contributed by atoms with Crippen LogP contribution in [-0.2, 0) is 21.2 Å². The molecule has 3 aromatic carbocycles. The van der Waals surface area contributed by atoms with Gasteiger partial charge in [0, 0.05) is 23.2 Å². The van der Waals surface area contributed by atoms with Gasteiger partial charge in [-0.2, -0.15) is 0 Å². The number of amides is 1. The number of ether oxygens (including phenoxy) is 2. The molecule has 0 bridgehead atoms. The van der Waals surface area contributed by atoms with E-state index in [9.17, 15) is 13.2 Å². The maximum absolute atomic E-state index is 12.7. The monoisotopic (exact) mass is 542 g/mol. The summed E-state index contributed by atoms with van der Waals surface area (Å²) >= 11 is 18.6. The van der Waals surface area contributed by atoms with Gasteiger partial charge in [0.2, 0.25) is 15.9 Å². The summed E-state index contributed by atoms with van der Waals surface area (Å²) in [6, 6.07) is 14.5. The molecule has 0 atom stereocenters. The summed E-state index contributed by atoms with van der Waals surface area (Å²) in [6.07, 6.45) is 0.379. The van der Waals surface area contributed by atoms with Crippen molar-refractivity contribution in [2.24, 2.45) is 0 Å². The molecule has 7 nitrogen and oxygen atoms in total. The number of nitrogens with one attached hydrogen (secondary N) is 2. The van der Waals surface area contributed by atoms with Crippen LogP contribution in [0.2, 0.25) is 15.1 Å². The van der Waals surface area contributed by atoms with Crippen LogP contribution in [0, 0.1) is 0 Å². The summed E-state index contributed by atoms with van der Waals surface area (Å²) in [4.78, 5) is 12.5. The minimum absolute atomic E-state index is 0.0769. The minimum atomic E-state index is -4.00. The number of rotatable bonds is 9. The molecule has 0 saturated carbocycles. The average Bonchev–Trinajstić information content (AvgIpc) is 2.82. The molecular formula is C23H21Cl3N2O5S. The number of benzene rings is 3. The molecule has 0 spiro atoms. The van der Waals surface area contributed by atoms with Gasteiger partial charge in [0.15, 0.2) is 11.5 Å². The number of carbonyl (C=O) groups excluding carboxylic acids is 1. The second-order valence-electron chi connectivity index (χ2n) is 7.08. The fourth-order valence-corrected chi connectivity index (χ4v) is 4.67. The zero-order chi connectivity index (χ0) is 24.9. The Bertz CT molecular complexity index is 1320. The van der Waals surface area contributed by atoms with E-state index < -0.39 is 22.5 Å². The third-order valence-corrected chi connectivity index (χ3v) is 7.34. The predicted molar refractivity (Wildman–Crippen MR) is 134 cm³/mol. The summed E-state index contributed by atoms with van der Waals surface area (Å²) in [5, 5.41) is 3.81. The lowest BCUT2D eigenvalue weighted by Crippen LogP contribution is -2.33. The average molecular weight is 544 g/mol. The lowest BCUT2D eigenvalue weighted by atomic mass is 10.0. The first-order chi connectivity index (χ1) is 16.1. The van der Waals surface area contributed by atoms with Crippen LogP contribution in [0.25, 0.3) is 0 Å². The molecule has 11 heteroatoms. The first kappa shape index (κ1) is 26.1. The highest BCUT2D eigenvalue weighted by molar-refractivity contribution is 7.89. The van der Waals surface area contributed by atoms with Crippen LogP contribution >= 0.6 is 34.8 Å². The molecule has 0 aliphatic rings. The van der Waals surface area contributed by atoms with Crippen molar-refractivity contribution in [3.8, 4) is 11.5 Å². The lowest BCUT2D eigenvalue weighted by molar-refractivity contribution is -0.115. The Kier molecular flexibility index (Phi) is 8.67. The molecule has 0 fully saturated rings. The van der Waals surface area contributed by atoms with Crippen molar-refractivity contribution < 1.29 is 22.7 Å². The number of hydrogen-bond donors (Lipinski definition) is 2. The fraction of sp³-hybridized carbons (Fsp3) is 0.174. The van der Waals surface area contributed by atoms with Crippen molar-refractivity contribution in [3.63, 3.8) is 0 Å². The van der Waals surface area contributed by atoms with E-state index in [0.29, 0.717) is 33.5 Å². The molecular weight excluding hydrogens is 523 g/mol. The molecule has 3 aromatic rings. The van der Waals surface area contributed by atoms with Crippen LogP contribution in [0.1, 0.15) is 11.1 Å². The number of halogens is 3. The summed E-state index contributed by atoms with van der Waals surface area (Å²) in [6.45, 7) is -0.511. The van der Waals surface area contributed by atoms with Gasteiger partial charge < -0.3 is 14.8 Å². The molecule has 34 heavy (non-hydrogen) atoms. The largest absolute Gasteiger partial charge is 0.493 e. The second-order valence-corrected chi connectivity index (χ2v) is 10.1. The molecule has 2 N–H and O–H groups in total. The van der Waals surface area contributed by atoms with Crippen LogP contribution < -0.4 is 19.5 Å². The second kappa shape index (κ2) is 11.3. The maximum atomic E-state index is 12.7. The topological polar surface area (TPSA) is 93.7 Å². The predicted octanol–water partition coefficient (Wildman–Crippen LogP) is 5.17. The van der Waals surface area contributed by atoms with Crippen LogP contribution in [0.4, 0.5) is 5.69 Å². The maximum Gasteiger partial charge on any atom is 0.241 e. The zero-order valence-corrected chi connectivity index (χ0v) is 21.3. The van der Waals surface area contributed by atoms with E-state index in [0.717, 1.165) is 5.56 Å². The SMILES string of the molecule is COc1ccc(S(=O)(=O)NCC(=O)Nc2cc(Cl)c(Cl)cc2Cc2ccccc2Cl)cc1OC. The Hall–Kier alpha value is -2.49. The quantitative estimate of drug-likeness (QED) is 0.388. The Balaban J connectivity index is 1.76. The van der Waals surface area contributed by atoms with E-state index in [1.807, 2.05) is 18.2 Å². The van der Waals surface area contributed by atoms with Gasteiger partial charge in [-0.15, -0.1) is 0 Å². The Labute approximate surface area is 213 Å². The van der Waals surface area contributed by atoms with Crippen LogP contribution in [0.5, 0.6) is 11.5 Å². The van der Waals surface area contributed by atoms with E-state index >= 15 is 0 Å². The number of methoxy groups -OCH3 is 2. The van der Waals surface area contributed by atoms with Crippen LogP contribution in [0.15, 0.2) is 59.5 Å². The third-order valence-electron chi connectivity index (χ3n) is 4.85. The first-order valence-electron chi connectivity index (χ1n) is 9.87. The fourth-order valence-electron chi connectivity index (χ4n) is 3.12. The van der Waals surface area contributed by atoms with E-state index in [-0.39, 0.29) is 15.7 Å². The number of anilines is 1. The highest BCUT2D eigenvalue weighted by Gasteiger charge is 2.19. The Morgan fingerprint density at radius 1 is 0.853 bits per heavy atom. The van der Waals surface area contributed by atoms with E-state index in [1.165, 1.54) is 38.5 Å². The van der Waals surface area contributed by atoms with Crippen LogP contribution in [0.3, 0.4) is 0 Å². The van der Waals surface area contributed by atoms with Crippen LogP contribution in [-0.4, -0.2) is 35.1 Å². The van der Waals surface area contributed by atoms with E-state index in [4.69, 9.17) is 44.3 Å². The number of hydrogen-bond acceptors (Lipinski definition) is 5. The number of carbonyl (C=O) groups is 1. The lowest BCUT2D eigenvalue weighted by Gasteiger charge is -2.14. The van der Waals surface area contributed by atoms with E-state index in [2.05, 4.69) is 10.0 Å². The van der Waals surface area contributed by atoms with Gasteiger partial charge in [0.25, 0.3) is 0 Å². The molecule has 0 saturated heterocycles. The molecule has 0 radical (unpaired) electrons. The van der Waals surface area contributed by atoms with Gasteiger partial charge in [-0.3, -0.25) is 4.79 Å². The van der Waals surface area contributed by atoms with Crippen molar-refractivity contribution in [2.75, 3.05) is 26.1 Å². The summed E-state index contributed by atoms with van der Waals surface area (Å²) in [5.74, 6) is 0.0301. The van der Waals surface area contributed by atoms with Crippen molar-refractivity contribution in [2.45, 2.75) is 11.3 Å². The van der Waals surface area contributed by atoms with Gasteiger partial charge in [-0.25, -0.2) is 13.1 Å². The molecule has 0 unspecified atom stereocenters. The Morgan fingerprint density at radius 3 is 2.21 bits per heavy atom. The van der Waals surface area contributed by atoms with Crippen molar-refractivity contribution in [1.82, 2.24) is 4.72 Å². The molecule has 0 heterocycles. The number of sulfonamides is 1. The third kappa shape index (κ3) is 6.34. The van der Waals surface area contributed by atoms with Crippen molar-refractivity contribution in [3.05, 3.63) is 80.8 Å². The van der Waals surface area contributed by atoms with Crippen molar-refractivity contribution >= 4 is 56.4 Å². The molecule has 3 rings (SSSR count). The summed E-state index contributed by atoms with van der Waals surface area (Å²) < 4.78 is 37.8. The van der Waals surface area contributed by atoms with Gasteiger partial charge in [-0.05, 0) is 41.5 Å².